The molecule has 0 atom stereocenters. The van der Waals surface area contributed by atoms with Gasteiger partial charge in [-0.2, -0.15) is 0 Å². The highest BCUT2D eigenvalue weighted by Crippen LogP contribution is 2.15. The number of hydrogen-bond donors (Lipinski definition) is 1. The second-order valence-corrected chi connectivity index (χ2v) is 5.62. The summed E-state index contributed by atoms with van der Waals surface area (Å²) in [5.74, 6) is 1.43. The summed E-state index contributed by atoms with van der Waals surface area (Å²) in [6, 6.07) is 14.8. The summed E-state index contributed by atoms with van der Waals surface area (Å²) >= 11 is 0. The van der Waals surface area contributed by atoms with Gasteiger partial charge in [-0.1, -0.05) is 24.8 Å². The Morgan fingerprint density at radius 2 is 1.71 bits per heavy atom. The summed E-state index contributed by atoms with van der Waals surface area (Å²) < 4.78 is 11.0. The number of carbonyl (C=O) groups is 1. The largest absolute Gasteiger partial charge is 0.491 e. The molecule has 0 saturated carbocycles. The number of hydrogen-bond acceptors (Lipinski definition) is 3. The Morgan fingerprint density at radius 3 is 2.29 bits per heavy atom. The van der Waals surface area contributed by atoms with E-state index in [2.05, 4.69) is 11.9 Å². The number of amides is 1. The third-order valence-electron chi connectivity index (χ3n) is 3.23. The van der Waals surface area contributed by atoms with Gasteiger partial charge in [0, 0.05) is 12.1 Å². The second-order valence-electron chi connectivity index (χ2n) is 5.62. The van der Waals surface area contributed by atoms with Crippen molar-refractivity contribution in [1.29, 1.82) is 0 Å². The van der Waals surface area contributed by atoms with Crippen LogP contribution in [0.25, 0.3) is 0 Å². The van der Waals surface area contributed by atoms with Crippen LogP contribution in [0.3, 0.4) is 0 Å². The predicted molar refractivity (Wildman–Crippen MR) is 95.5 cm³/mol. The quantitative estimate of drug-likeness (QED) is 0.747. The fourth-order valence-corrected chi connectivity index (χ4v) is 2.10. The van der Waals surface area contributed by atoms with Gasteiger partial charge in [0.1, 0.15) is 18.1 Å². The zero-order chi connectivity index (χ0) is 17.4. The van der Waals surface area contributed by atoms with Crippen LogP contribution in [0.2, 0.25) is 0 Å². The van der Waals surface area contributed by atoms with Crippen molar-refractivity contribution >= 4 is 5.91 Å². The Kier molecular flexibility index (Phi) is 6.43. The minimum atomic E-state index is -0.118. The molecule has 2 aromatic rings. The SMILES string of the molecule is C=CCOc1ccc(C(=O)NCc2ccc(OC(C)C)cc2)cc1. The van der Waals surface area contributed by atoms with Gasteiger partial charge in [0.2, 0.25) is 0 Å². The van der Waals surface area contributed by atoms with Gasteiger partial charge >= 0.3 is 0 Å². The lowest BCUT2D eigenvalue weighted by atomic mass is 10.2. The van der Waals surface area contributed by atoms with Crippen molar-refractivity contribution in [2.24, 2.45) is 0 Å². The number of carbonyl (C=O) groups excluding carboxylic acids is 1. The molecule has 0 saturated heterocycles. The lowest BCUT2D eigenvalue weighted by Gasteiger charge is -2.10. The molecule has 4 nitrogen and oxygen atoms in total. The molecule has 126 valence electrons. The highest BCUT2D eigenvalue weighted by atomic mass is 16.5. The molecule has 0 aliphatic carbocycles. The minimum Gasteiger partial charge on any atom is -0.491 e. The van der Waals surface area contributed by atoms with Crippen LogP contribution < -0.4 is 14.8 Å². The molecular weight excluding hydrogens is 302 g/mol. The number of benzene rings is 2. The standard InChI is InChI=1S/C20H23NO3/c1-4-13-23-18-11-7-17(8-12-18)20(22)21-14-16-5-9-19(10-6-16)24-15(2)3/h4-12,15H,1,13-14H2,2-3H3,(H,21,22). The van der Waals surface area contributed by atoms with Gasteiger partial charge in [0.25, 0.3) is 5.91 Å². The van der Waals surface area contributed by atoms with Gasteiger partial charge < -0.3 is 14.8 Å². The lowest BCUT2D eigenvalue weighted by molar-refractivity contribution is 0.0951. The van der Waals surface area contributed by atoms with Crippen LogP contribution in [-0.2, 0) is 6.54 Å². The van der Waals surface area contributed by atoms with Crippen LogP contribution in [-0.4, -0.2) is 18.6 Å². The first kappa shape index (κ1) is 17.6. The van der Waals surface area contributed by atoms with Crippen molar-refractivity contribution in [2.75, 3.05) is 6.61 Å². The summed E-state index contributed by atoms with van der Waals surface area (Å²) in [6.07, 6.45) is 1.83. The highest BCUT2D eigenvalue weighted by molar-refractivity contribution is 5.94. The van der Waals surface area contributed by atoms with E-state index in [1.165, 1.54) is 0 Å². The van der Waals surface area contributed by atoms with E-state index in [-0.39, 0.29) is 12.0 Å². The van der Waals surface area contributed by atoms with Gasteiger partial charge in [-0.3, -0.25) is 4.79 Å². The third kappa shape index (κ3) is 5.47. The fourth-order valence-electron chi connectivity index (χ4n) is 2.10. The zero-order valence-corrected chi connectivity index (χ0v) is 14.1. The van der Waals surface area contributed by atoms with Gasteiger partial charge in [-0.15, -0.1) is 0 Å². The molecule has 2 aromatic carbocycles. The molecule has 0 aliphatic heterocycles. The monoisotopic (exact) mass is 325 g/mol. The summed E-state index contributed by atoms with van der Waals surface area (Å²) in [5.41, 5.74) is 1.62. The van der Waals surface area contributed by atoms with Gasteiger partial charge in [-0.05, 0) is 55.8 Å². The van der Waals surface area contributed by atoms with Crippen LogP contribution in [0.1, 0.15) is 29.8 Å². The van der Waals surface area contributed by atoms with E-state index in [1.807, 2.05) is 38.1 Å². The number of ether oxygens (including phenoxy) is 2. The summed E-state index contributed by atoms with van der Waals surface area (Å²) in [4.78, 5) is 12.2. The molecule has 2 rings (SSSR count). The maximum Gasteiger partial charge on any atom is 0.251 e. The lowest BCUT2D eigenvalue weighted by Crippen LogP contribution is -2.22. The average molecular weight is 325 g/mol. The first-order chi connectivity index (χ1) is 11.6. The molecule has 0 unspecified atom stereocenters. The Hall–Kier alpha value is -2.75. The maximum absolute atomic E-state index is 12.2. The van der Waals surface area contributed by atoms with Gasteiger partial charge in [0.05, 0.1) is 6.10 Å². The Morgan fingerprint density at radius 1 is 1.08 bits per heavy atom. The molecule has 0 bridgehead atoms. The van der Waals surface area contributed by atoms with E-state index in [1.54, 1.807) is 30.3 Å². The molecule has 0 fully saturated rings. The van der Waals surface area contributed by atoms with Gasteiger partial charge in [-0.25, -0.2) is 0 Å². The molecule has 0 aliphatic rings. The van der Waals surface area contributed by atoms with Crippen molar-refractivity contribution in [3.05, 3.63) is 72.3 Å². The predicted octanol–water partition coefficient (Wildman–Crippen LogP) is 3.97. The third-order valence-corrected chi connectivity index (χ3v) is 3.23. The van der Waals surface area contributed by atoms with E-state index in [9.17, 15) is 4.79 Å². The second kappa shape index (κ2) is 8.77. The first-order valence-corrected chi connectivity index (χ1v) is 7.96. The van der Waals surface area contributed by atoms with Crippen molar-refractivity contribution < 1.29 is 14.3 Å². The normalized spacial score (nSPS) is 10.3. The minimum absolute atomic E-state index is 0.118. The van der Waals surface area contributed by atoms with Crippen molar-refractivity contribution in [1.82, 2.24) is 5.32 Å². The van der Waals surface area contributed by atoms with Crippen LogP contribution in [0.5, 0.6) is 11.5 Å². The zero-order valence-electron chi connectivity index (χ0n) is 14.1. The van der Waals surface area contributed by atoms with Crippen LogP contribution in [0, 0.1) is 0 Å². The molecule has 1 amide bonds. The van der Waals surface area contributed by atoms with E-state index in [0.717, 1.165) is 11.3 Å². The van der Waals surface area contributed by atoms with Crippen molar-refractivity contribution in [2.45, 2.75) is 26.5 Å². The van der Waals surface area contributed by atoms with Crippen LogP contribution >= 0.6 is 0 Å². The van der Waals surface area contributed by atoms with Crippen molar-refractivity contribution in [3.63, 3.8) is 0 Å². The Labute approximate surface area is 143 Å². The Balaban J connectivity index is 1.87. The molecule has 0 aromatic heterocycles. The van der Waals surface area contributed by atoms with E-state index in [0.29, 0.717) is 24.5 Å². The fraction of sp³-hybridized carbons (Fsp3) is 0.250. The number of rotatable bonds is 8. The molecular formula is C20H23NO3. The maximum atomic E-state index is 12.2. The molecule has 1 N–H and O–H groups in total. The Bertz CT molecular complexity index is 660. The molecule has 0 heterocycles. The summed E-state index contributed by atoms with van der Waals surface area (Å²) in [7, 11) is 0. The molecule has 4 heteroatoms. The summed E-state index contributed by atoms with van der Waals surface area (Å²) in [6.45, 7) is 8.49. The van der Waals surface area contributed by atoms with E-state index >= 15 is 0 Å². The van der Waals surface area contributed by atoms with Crippen molar-refractivity contribution in [3.8, 4) is 11.5 Å². The highest BCUT2D eigenvalue weighted by Gasteiger charge is 2.06. The first-order valence-electron chi connectivity index (χ1n) is 7.96. The van der Waals surface area contributed by atoms with E-state index < -0.39 is 0 Å². The molecule has 0 spiro atoms. The smallest absolute Gasteiger partial charge is 0.251 e. The molecule has 0 radical (unpaired) electrons. The average Bonchev–Trinajstić information content (AvgIpc) is 2.59. The number of nitrogens with one attached hydrogen (secondary N) is 1. The van der Waals surface area contributed by atoms with Crippen LogP contribution in [0.4, 0.5) is 0 Å². The summed E-state index contributed by atoms with van der Waals surface area (Å²) in [5, 5.41) is 2.90. The van der Waals surface area contributed by atoms with Crippen LogP contribution in [0.15, 0.2) is 61.2 Å². The van der Waals surface area contributed by atoms with E-state index in [4.69, 9.17) is 9.47 Å². The van der Waals surface area contributed by atoms with Gasteiger partial charge in [0.15, 0.2) is 0 Å². The molecule has 24 heavy (non-hydrogen) atoms. The topological polar surface area (TPSA) is 47.6 Å².